The zero-order chi connectivity index (χ0) is 11.7. The number of hydrogen-bond donors (Lipinski definition) is 1. The van der Waals surface area contributed by atoms with Crippen LogP contribution in [0.4, 0.5) is 0 Å². The van der Waals surface area contributed by atoms with E-state index in [0.29, 0.717) is 6.04 Å². The summed E-state index contributed by atoms with van der Waals surface area (Å²) < 4.78 is 0. The van der Waals surface area contributed by atoms with Gasteiger partial charge in [-0.1, -0.05) is 30.5 Å². The highest BCUT2D eigenvalue weighted by Crippen LogP contribution is 2.34. The minimum atomic E-state index is 0.571. The molecule has 2 aliphatic carbocycles. The third-order valence-corrected chi connectivity index (χ3v) is 4.29. The van der Waals surface area contributed by atoms with Crippen LogP contribution in [0.3, 0.4) is 0 Å². The summed E-state index contributed by atoms with van der Waals surface area (Å²) in [6.07, 6.45) is 8.13. The fourth-order valence-corrected chi connectivity index (χ4v) is 3.07. The second-order valence-corrected chi connectivity index (χ2v) is 5.91. The first-order chi connectivity index (χ1) is 8.33. The van der Waals surface area contributed by atoms with Crippen molar-refractivity contribution in [3.8, 4) is 0 Å². The second-order valence-electron chi connectivity index (χ2n) is 5.47. The van der Waals surface area contributed by atoms with E-state index in [0.717, 1.165) is 10.9 Å². The molecule has 2 aliphatic rings. The second kappa shape index (κ2) is 4.99. The zero-order valence-electron chi connectivity index (χ0n) is 10.2. The molecule has 0 aliphatic heterocycles. The lowest BCUT2D eigenvalue weighted by Gasteiger charge is -2.13. The summed E-state index contributed by atoms with van der Waals surface area (Å²) in [6, 6.07) is 6.91. The van der Waals surface area contributed by atoms with Gasteiger partial charge >= 0.3 is 0 Å². The maximum atomic E-state index is 6.02. The Morgan fingerprint density at radius 3 is 2.94 bits per heavy atom. The summed E-state index contributed by atoms with van der Waals surface area (Å²) in [7, 11) is 0. The third kappa shape index (κ3) is 2.83. The Morgan fingerprint density at radius 2 is 2.12 bits per heavy atom. The van der Waals surface area contributed by atoms with E-state index in [1.54, 1.807) is 0 Å². The van der Waals surface area contributed by atoms with E-state index in [-0.39, 0.29) is 0 Å². The number of halogens is 1. The van der Waals surface area contributed by atoms with E-state index < -0.39 is 0 Å². The van der Waals surface area contributed by atoms with Crippen LogP contribution in [0.2, 0.25) is 5.02 Å². The molecule has 2 heteroatoms. The first-order valence-corrected chi connectivity index (χ1v) is 7.22. The van der Waals surface area contributed by atoms with Gasteiger partial charge in [-0.25, -0.2) is 0 Å². The van der Waals surface area contributed by atoms with E-state index in [2.05, 4.69) is 17.4 Å². The van der Waals surface area contributed by atoms with Crippen molar-refractivity contribution in [1.82, 2.24) is 5.32 Å². The monoisotopic (exact) mass is 249 g/mol. The topological polar surface area (TPSA) is 12.0 Å². The van der Waals surface area contributed by atoms with Crippen LogP contribution in [0.15, 0.2) is 18.2 Å². The van der Waals surface area contributed by atoms with Crippen molar-refractivity contribution in [3.63, 3.8) is 0 Å². The molecule has 0 saturated heterocycles. The SMILES string of the molecule is Clc1ccc2c(c1)CCC2NCCCC1CC1. The van der Waals surface area contributed by atoms with E-state index in [9.17, 15) is 0 Å². The molecule has 0 bridgehead atoms. The van der Waals surface area contributed by atoms with Crippen molar-refractivity contribution >= 4 is 11.6 Å². The molecule has 1 N–H and O–H groups in total. The highest BCUT2D eigenvalue weighted by molar-refractivity contribution is 6.30. The first-order valence-electron chi connectivity index (χ1n) is 6.84. The molecule has 17 heavy (non-hydrogen) atoms. The van der Waals surface area contributed by atoms with Crippen molar-refractivity contribution in [3.05, 3.63) is 34.3 Å². The molecule has 3 rings (SSSR count). The molecule has 1 saturated carbocycles. The summed E-state index contributed by atoms with van der Waals surface area (Å²) in [5.74, 6) is 1.06. The van der Waals surface area contributed by atoms with Crippen LogP contribution < -0.4 is 5.32 Å². The Hall–Kier alpha value is -0.530. The molecule has 1 nitrogen and oxygen atoms in total. The van der Waals surface area contributed by atoms with Crippen LogP contribution in [0.5, 0.6) is 0 Å². The maximum Gasteiger partial charge on any atom is 0.0408 e. The molecule has 1 atom stereocenters. The summed E-state index contributed by atoms with van der Waals surface area (Å²) in [5.41, 5.74) is 2.91. The van der Waals surface area contributed by atoms with Crippen LogP contribution >= 0.6 is 11.6 Å². The first kappa shape index (κ1) is 11.6. The molecule has 0 amide bonds. The van der Waals surface area contributed by atoms with Crippen LogP contribution in [0.25, 0.3) is 0 Å². The number of aryl methyl sites for hydroxylation is 1. The van der Waals surface area contributed by atoms with E-state index >= 15 is 0 Å². The largest absolute Gasteiger partial charge is 0.310 e. The summed E-state index contributed by atoms with van der Waals surface area (Å²) in [5, 5.41) is 4.57. The summed E-state index contributed by atoms with van der Waals surface area (Å²) >= 11 is 6.02. The van der Waals surface area contributed by atoms with Crippen molar-refractivity contribution in [2.24, 2.45) is 5.92 Å². The van der Waals surface area contributed by atoms with Gasteiger partial charge in [0, 0.05) is 11.1 Å². The van der Waals surface area contributed by atoms with Gasteiger partial charge in [-0.05, 0) is 61.4 Å². The Kier molecular flexibility index (Phi) is 3.39. The molecule has 0 spiro atoms. The molecule has 0 heterocycles. The predicted octanol–water partition coefficient (Wildman–Crippen LogP) is 4.11. The van der Waals surface area contributed by atoms with Gasteiger partial charge in [0.25, 0.3) is 0 Å². The maximum absolute atomic E-state index is 6.02. The Morgan fingerprint density at radius 1 is 1.24 bits per heavy atom. The Bertz CT molecular complexity index is 398. The summed E-state index contributed by atoms with van der Waals surface area (Å²) in [4.78, 5) is 0. The number of nitrogens with one attached hydrogen (secondary N) is 1. The van der Waals surface area contributed by atoms with Crippen LogP contribution in [-0.4, -0.2) is 6.54 Å². The van der Waals surface area contributed by atoms with Gasteiger partial charge in [0.05, 0.1) is 0 Å². The highest BCUT2D eigenvalue weighted by atomic mass is 35.5. The molecule has 1 aromatic carbocycles. The fourth-order valence-electron chi connectivity index (χ4n) is 2.87. The highest BCUT2D eigenvalue weighted by Gasteiger charge is 2.23. The average molecular weight is 250 g/mol. The standard InChI is InChI=1S/C15H20ClN/c16-13-6-7-14-12(10-13)5-8-15(14)17-9-1-2-11-3-4-11/h6-7,10-11,15,17H,1-5,8-9H2. The molecular weight excluding hydrogens is 230 g/mol. The predicted molar refractivity (Wildman–Crippen MR) is 72.5 cm³/mol. The lowest BCUT2D eigenvalue weighted by molar-refractivity contribution is 0.504. The van der Waals surface area contributed by atoms with Crippen molar-refractivity contribution < 1.29 is 0 Å². The average Bonchev–Trinajstić information content (AvgIpc) is 3.06. The zero-order valence-corrected chi connectivity index (χ0v) is 11.0. The lowest BCUT2D eigenvalue weighted by Crippen LogP contribution is -2.20. The van der Waals surface area contributed by atoms with Crippen LogP contribution in [-0.2, 0) is 6.42 Å². The number of benzene rings is 1. The van der Waals surface area contributed by atoms with Gasteiger partial charge in [-0.2, -0.15) is 0 Å². The van der Waals surface area contributed by atoms with Crippen molar-refractivity contribution in [2.75, 3.05) is 6.54 Å². The molecule has 92 valence electrons. The van der Waals surface area contributed by atoms with Crippen molar-refractivity contribution in [1.29, 1.82) is 0 Å². The Labute approximate surface area is 109 Å². The van der Waals surface area contributed by atoms with Crippen molar-refractivity contribution in [2.45, 2.75) is 44.6 Å². The number of fused-ring (bicyclic) bond motifs is 1. The minimum absolute atomic E-state index is 0.571. The lowest BCUT2D eigenvalue weighted by atomic mass is 10.1. The molecular formula is C15H20ClN. The minimum Gasteiger partial charge on any atom is -0.310 e. The molecule has 0 radical (unpaired) electrons. The molecule has 1 unspecified atom stereocenters. The van der Waals surface area contributed by atoms with Gasteiger partial charge in [-0.15, -0.1) is 0 Å². The van der Waals surface area contributed by atoms with E-state index in [1.807, 2.05) is 6.07 Å². The summed E-state index contributed by atoms with van der Waals surface area (Å²) in [6.45, 7) is 1.17. The fraction of sp³-hybridized carbons (Fsp3) is 0.600. The molecule has 1 fully saturated rings. The molecule has 0 aromatic heterocycles. The number of hydrogen-bond acceptors (Lipinski definition) is 1. The van der Waals surface area contributed by atoms with E-state index in [1.165, 1.54) is 56.2 Å². The van der Waals surface area contributed by atoms with Crippen LogP contribution in [0.1, 0.15) is 49.3 Å². The van der Waals surface area contributed by atoms with Gasteiger partial charge in [-0.3, -0.25) is 0 Å². The number of rotatable bonds is 5. The quantitative estimate of drug-likeness (QED) is 0.775. The van der Waals surface area contributed by atoms with Gasteiger partial charge < -0.3 is 5.32 Å². The normalized spacial score (nSPS) is 22.8. The third-order valence-electron chi connectivity index (χ3n) is 4.06. The van der Waals surface area contributed by atoms with Crippen LogP contribution in [0, 0.1) is 5.92 Å². The van der Waals surface area contributed by atoms with E-state index in [4.69, 9.17) is 11.6 Å². The molecule has 1 aromatic rings. The van der Waals surface area contributed by atoms with Gasteiger partial charge in [0.1, 0.15) is 0 Å². The Balaban J connectivity index is 1.52. The van der Waals surface area contributed by atoms with Gasteiger partial charge in [0.2, 0.25) is 0 Å². The smallest absolute Gasteiger partial charge is 0.0408 e. The van der Waals surface area contributed by atoms with Gasteiger partial charge in [0.15, 0.2) is 0 Å².